The van der Waals surface area contributed by atoms with Crippen LogP contribution >= 0.6 is 0 Å². The van der Waals surface area contributed by atoms with E-state index in [0.29, 0.717) is 25.7 Å². The molecule has 0 bridgehead atoms. The normalized spacial score (nSPS) is 29.0. The molecule has 1 saturated heterocycles. The minimum absolute atomic E-state index is 0.0303. The van der Waals surface area contributed by atoms with E-state index < -0.39 is 11.1 Å². The van der Waals surface area contributed by atoms with Crippen LogP contribution in [0.25, 0.3) is 0 Å². The monoisotopic (exact) mass is 296 g/mol. The molecule has 2 rings (SSSR count). The molecule has 1 N–H and O–H groups in total. The molecule has 1 unspecified atom stereocenters. The van der Waals surface area contributed by atoms with Crippen molar-refractivity contribution in [2.45, 2.75) is 58.5 Å². The van der Waals surface area contributed by atoms with Gasteiger partial charge in [-0.1, -0.05) is 13.8 Å². The topological polar surface area (TPSA) is 58.6 Å². The first kappa shape index (κ1) is 16.3. The van der Waals surface area contributed by atoms with E-state index in [2.05, 4.69) is 19.2 Å². The van der Waals surface area contributed by atoms with Crippen LogP contribution in [0.15, 0.2) is 0 Å². The lowest BCUT2D eigenvalue weighted by Crippen LogP contribution is -2.74. The van der Waals surface area contributed by atoms with Crippen molar-refractivity contribution >= 4 is 11.8 Å². The Kier molecular flexibility index (Phi) is 4.34. The van der Waals surface area contributed by atoms with Crippen LogP contribution in [0.1, 0.15) is 47.5 Å². The molecular formula is C16H28N2O3. The van der Waals surface area contributed by atoms with Crippen molar-refractivity contribution in [3.05, 3.63) is 0 Å². The lowest BCUT2D eigenvalue weighted by molar-refractivity contribution is -0.162. The van der Waals surface area contributed by atoms with Gasteiger partial charge in [-0.15, -0.1) is 0 Å². The highest BCUT2D eigenvalue weighted by Crippen LogP contribution is 2.43. The SMILES string of the molecule is CC(C)COCCN1C(=O)C(C)(C2CC2)NC(=O)C1(C)C. The summed E-state index contributed by atoms with van der Waals surface area (Å²) < 4.78 is 5.59. The molecule has 0 aromatic heterocycles. The average molecular weight is 296 g/mol. The van der Waals surface area contributed by atoms with Gasteiger partial charge in [-0.05, 0) is 45.4 Å². The number of nitrogens with one attached hydrogen (secondary N) is 1. The van der Waals surface area contributed by atoms with E-state index in [1.807, 2.05) is 6.92 Å². The highest BCUT2D eigenvalue weighted by Gasteiger charge is 2.57. The number of nitrogens with zero attached hydrogens (tertiary/aromatic N) is 1. The molecule has 1 aliphatic heterocycles. The molecule has 2 aliphatic rings. The molecule has 120 valence electrons. The van der Waals surface area contributed by atoms with Crippen LogP contribution in [-0.2, 0) is 14.3 Å². The number of rotatable bonds is 6. The van der Waals surface area contributed by atoms with Gasteiger partial charge in [-0.25, -0.2) is 0 Å². The van der Waals surface area contributed by atoms with E-state index in [1.54, 1.807) is 18.7 Å². The second-order valence-electron chi connectivity index (χ2n) is 7.42. The maximum absolute atomic E-state index is 12.9. The number of carbonyl (C=O) groups is 2. The first-order valence-electron chi connectivity index (χ1n) is 7.92. The Balaban J connectivity index is 2.07. The fraction of sp³-hybridized carbons (Fsp3) is 0.875. The Hall–Kier alpha value is -1.10. The van der Waals surface area contributed by atoms with Gasteiger partial charge < -0.3 is 15.0 Å². The van der Waals surface area contributed by atoms with Gasteiger partial charge in [0.25, 0.3) is 0 Å². The van der Waals surface area contributed by atoms with Gasteiger partial charge in [0.2, 0.25) is 11.8 Å². The van der Waals surface area contributed by atoms with E-state index in [0.717, 1.165) is 12.8 Å². The Labute approximate surface area is 127 Å². The Morgan fingerprint density at radius 2 is 1.90 bits per heavy atom. The van der Waals surface area contributed by atoms with Gasteiger partial charge >= 0.3 is 0 Å². The maximum atomic E-state index is 12.9. The predicted octanol–water partition coefficient (Wildman–Crippen LogP) is 1.56. The van der Waals surface area contributed by atoms with Gasteiger partial charge in [-0.3, -0.25) is 9.59 Å². The molecule has 0 radical (unpaired) electrons. The molecule has 2 amide bonds. The number of ether oxygens (including phenoxy) is 1. The second-order valence-corrected chi connectivity index (χ2v) is 7.42. The molecule has 1 aliphatic carbocycles. The smallest absolute Gasteiger partial charge is 0.249 e. The Morgan fingerprint density at radius 1 is 1.29 bits per heavy atom. The number of carbonyl (C=O) groups excluding carboxylic acids is 2. The average Bonchev–Trinajstić information content (AvgIpc) is 3.20. The summed E-state index contributed by atoms with van der Waals surface area (Å²) in [4.78, 5) is 27.0. The fourth-order valence-electron chi connectivity index (χ4n) is 2.89. The number of hydrogen-bond donors (Lipinski definition) is 1. The summed E-state index contributed by atoms with van der Waals surface area (Å²) >= 11 is 0. The summed E-state index contributed by atoms with van der Waals surface area (Å²) in [5.74, 6) is 0.710. The second kappa shape index (κ2) is 5.59. The third-order valence-corrected chi connectivity index (χ3v) is 4.60. The Bertz CT molecular complexity index is 429. The molecule has 1 atom stereocenters. The summed E-state index contributed by atoms with van der Waals surface area (Å²) in [6.07, 6.45) is 2.03. The predicted molar refractivity (Wildman–Crippen MR) is 80.7 cm³/mol. The zero-order chi connectivity index (χ0) is 15.8. The summed E-state index contributed by atoms with van der Waals surface area (Å²) in [5.41, 5.74) is -1.54. The summed E-state index contributed by atoms with van der Waals surface area (Å²) in [6, 6.07) is 0. The lowest BCUT2D eigenvalue weighted by atomic mass is 9.85. The molecular weight excluding hydrogens is 268 g/mol. The third kappa shape index (κ3) is 3.07. The van der Waals surface area contributed by atoms with Crippen molar-refractivity contribution in [3.63, 3.8) is 0 Å². The van der Waals surface area contributed by atoms with E-state index in [1.165, 1.54) is 0 Å². The molecule has 0 spiro atoms. The molecule has 1 saturated carbocycles. The van der Waals surface area contributed by atoms with Crippen molar-refractivity contribution in [3.8, 4) is 0 Å². The molecule has 0 aromatic rings. The molecule has 2 fully saturated rings. The van der Waals surface area contributed by atoms with Crippen LogP contribution in [-0.4, -0.2) is 47.6 Å². The maximum Gasteiger partial charge on any atom is 0.249 e. The van der Waals surface area contributed by atoms with Gasteiger partial charge in [-0.2, -0.15) is 0 Å². The molecule has 0 aromatic carbocycles. The first-order valence-corrected chi connectivity index (χ1v) is 7.92. The van der Waals surface area contributed by atoms with Crippen LogP contribution in [0.3, 0.4) is 0 Å². The minimum atomic E-state index is -0.813. The standard InChI is InChI=1S/C16H28N2O3/c1-11(2)10-21-9-8-18-14(20)16(5,12-6-7-12)17-13(19)15(18,3)4/h11-12H,6-10H2,1-5H3,(H,17,19). The zero-order valence-corrected chi connectivity index (χ0v) is 13.9. The first-order chi connectivity index (χ1) is 9.69. The quantitative estimate of drug-likeness (QED) is 0.757. The largest absolute Gasteiger partial charge is 0.379 e. The molecule has 1 heterocycles. The van der Waals surface area contributed by atoms with Crippen molar-refractivity contribution in [1.29, 1.82) is 0 Å². The van der Waals surface area contributed by atoms with E-state index in [-0.39, 0.29) is 17.7 Å². The van der Waals surface area contributed by atoms with E-state index in [9.17, 15) is 9.59 Å². The fourth-order valence-corrected chi connectivity index (χ4v) is 2.89. The number of hydrogen-bond acceptors (Lipinski definition) is 3. The van der Waals surface area contributed by atoms with Gasteiger partial charge in [0.1, 0.15) is 11.1 Å². The van der Waals surface area contributed by atoms with Gasteiger partial charge in [0, 0.05) is 13.2 Å². The van der Waals surface area contributed by atoms with Gasteiger partial charge in [0.15, 0.2) is 0 Å². The van der Waals surface area contributed by atoms with Crippen molar-refractivity contribution in [2.75, 3.05) is 19.8 Å². The highest BCUT2D eigenvalue weighted by molar-refractivity contribution is 6.02. The summed E-state index contributed by atoms with van der Waals surface area (Å²) in [6.45, 7) is 11.3. The van der Waals surface area contributed by atoms with Gasteiger partial charge in [0.05, 0.1) is 6.61 Å². The van der Waals surface area contributed by atoms with Crippen molar-refractivity contribution in [1.82, 2.24) is 10.2 Å². The van der Waals surface area contributed by atoms with Crippen LogP contribution < -0.4 is 5.32 Å². The minimum Gasteiger partial charge on any atom is -0.379 e. The van der Waals surface area contributed by atoms with Crippen LogP contribution in [0.2, 0.25) is 0 Å². The van der Waals surface area contributed by atoms with E-state index >= 15 is 0 Å². The number of piperazine rings is 1. The Morgan fingerprint density at radius 3 is 2.43 bits per heavy atom. The van der Waals surface area contributed by atoms with Crippen LogP contribution in [0.5, 0.6) is 0 Å². The third-order valence-electron chi connectivity index (χ3n) is 4.60. The lowest BCUT2D eigenvalue weighted by Gasteiger charge is -2.49. The van der Waals surface area contributed by atoms with E-state index in [4.69, 9.17) is 4.74 Å². The highest BCUT2D eigenvalue weighted by atomic mass is 16.5. The van der Waals surface area contributed by atoms with Crippen molar-refractivity contribution in [2.24, 2.45) is 11.8 Å². The van der Waals surface area contributed by atoms with Crippen molar-refractivity contribution < 1.29 is 14.3 Å². The summed E-state index contributed by atoms with van der Waals surface area (Å²) in [7, 11) is 0. The summed E-state index contributed by atoms with van der Waals surface area (Å²) in [5, 5.41) is 2.96. The van der Waals surface area contributed by atoms with Crippen LogP contribution in [0.4, 0.5) is 0 Å². The number of amides is 2. The van der Waals surface area contributed by atoms with Crippen LogP contribution in [0, 0.1) is 11.8 Å². The molecule has 21 heavy (non-hydrogen) atoms. The zero-order valence-electron chi connectivity index (χ0n) is 13.9. The molecule has 5 heteroatoms. The molecule has 5 nitrogen and oxygen atoms in total.